The molecule has 0 fully saturated rings. The Morgan fingerprint density at radius 1 is 0.794 bits per heavy atom. The first-order chi connectivity index (χ1) is 16.3. The average molecular weight is 462 g/mol. The van der Waals surface area contributed by atoms with Crippen molar-refractivity contribution in [1.29, 1.82) is 0 Å². The molecule has 0 saturated heterocycles. The number of benzene rings is 4. The molecular formula is C29H19F5. The normalized spacial score (nSPS) is 11.2. The van der Waals surface area contributed by atoms with Gasteiger partial charge in [-0.2, -0.15) is 13.2 Å². The van der Waals surface area contributed by atoms with Gasteiger partial charge >= 0.3 is 6.18 Å². The summed E-state index contributed by atoms with van der Waals surface area (Å²) >= 11 is 0. The lowest BCUT2D eigenvalue weighted by Crippen LogP contribution is -2.07. The second-order valence-corrected chi connectivity index (χ2v) is 7.83. The first kappa shape index (κ1) is 23.3. The Labute approximate surface area is 194 Å². The Hall–Kier alpha value is -3.91. The number of hydrogen-bond acceptors (Lipinski definition) is 0. The van der Waals surface area contributed by atoms with Crippen LogP contribution in [-0.2, 0) is 12.6 Å². The Bertz CT molecular complexity index is 1420. The zero-order valence-corrected chi connectivity index (χ0v) is 18.0. The van der Waals surface area contributed by atoms with E-state index in [0.717, 1.165) is 30.0 Å². The van der Waals surface area contributed by atoms with Crippen molar-refractivity contribution in [2.45, 2.75) is 19.0 Å². The van der Waals surface area contributed by atoms with Gasteiger partial charge in [0.1, 0.15) is 11.6 Å². The highest BCUT2D eigenvalue weighted by molar-refractivity contribution is 5.89. The van der Waals surface area contributed by atoms with Crippen LogP contribution in [0.4, 0.5) is 22.0 Å². The summed E-state index contributed by atoms with van der Waals surface area (Å²) in [4.78, 5) is 0. The number of alkyl halides is 3. The molecule has 0 heterocycles. The van der Waals surface area contributed by atoms with Crippen LogP contribution >= 0.6 is 0 Å². The van der Waals surface area contributed by atoms with Gasteiger partial charge in [0, 0.05) is 10.9 Å². The van der Waals surface area contributed by atoms with Crippen LogP contribution in [0.2, 0.25) is 0 Å². The minimum Gasteiger partial charge on any atom is -0.206 e. The van der Waals surface area contributed by atoms with Gasteiger partial charge in [-0.3, -0.25) is 0 Å². The van der Waals surface area contributed by atoms with Gasteiger partial charge in [0.05, 0.1) is 11.1 Å². The Balaban J connectivity index is 1.61. The number of halogens is 5. The lowest BCUT2D eigenvalue weighted by Gasteiger charge is -2.08. The molecule has 0 atom stereocenters. The molecule has 0 nitrogen and oxygen atoms in total. The monoisotopic (exact) mass is 462 g/mol. The average Bonchev–Trinajstić information content (AvgIpc) is 2.81. The van der Waals surface area contributed by atoms with Gasteiger partial charge in [0.25, 0.3) is 0 Å². The van der Waals surface area contributed by atoms with Crippen molar-refractivity contribution in [1.82, 2.24) is 0 Å². The van der Waals surface area contributed by atoms with Crippen LogP contribution in [0.3, 0.4) is 0 Å². The Morgan fingerprint density at radius 3 is 2.21 bits per heavy atom. The van der Waals surface area contributed by atoms with Gasteiger partial charge in [-0.1, -0.05) is 60.4 Å². The first-order valence-corrected chi connectivity index (χ1v) is 10.6. The van der Waals surface area contributed by atoms with E-state index in [1.165, 1.54) is 11.6 Å². The summed E-state index contributed by atoms with van der Waals surface area (Å²) in [6.45, 7) is 3.73. The van der Waals surface area contributed by atoms with Crippen molar-refractivity contribution >= 4 is 10.8 Å². The fourth-order valence-corrected chi connectivity index (χ4v) is 3.66. The number of hydrogen-bond donors (Lipinski definition) is 0. The predicted molar refractivity (Wildman–Crippen MR) is 125 cm³/mol. The van der Waals surface area contributed by atoms with Crippen molar-refractivity contribution in [2.24, 2.45) is 0 Å². The quantitative estimate of drug-likeness (QED) is 0.162. The van der Waals surface area contributed by atoms with Crippen molar-refractivity contribution in [2.75, 3.05) is 0 Å². The van der Waals surface area contributed by atoms with Crippen LogP contribution < -0.4 is 0 Å². The molecular weight excluding hydrogens is 443 g/mol. The van der Waals surface area contributed by atoms with Crippen molar-refractivity contribution < 1.29 is 22.0 Å². The predicted octanol–water partition coefficient (Wildman–Crippen LogP) is 8.32. The summed E-state index contributed by atoms with van der Waals surface area (Å²) in [6, 6.07) is 19.2. The Morgan fingerprint density at radius 2 is 1.53 bits per heavy atom. The maximum atomic E-state index is 15.0. The van der Waals surface area contributed by atoms with Crippen molar-refractivity contribution in [3.63, 3.8) is 0 Å². The van der Waals surface area contributed by atoms with E-state index < -0.39 is 23.4 Å². The van der Waals surface area contributed by atoms with Crippen LogP contribution in [0.5, 0.6) is 0 Å². The van der Waals surface area contributed by atoms with Crippen LogP contribution in [0.25, 0.3) is 21.9 Å². The molecule has 0 spiro atoms. The highest BCUT2D eigenvalue weighted by Gasteiger charge is 2.33. The van der Waals surface area contributed by atoms with E-state index in [-0.39, 0.29) is 11.1 Å². The minimum absolute atomic E-state index is 0.0249. The van der Waals surface area contributed by atoms with Crippen molar-refractivity contribution in [3.05, 3.63) is 119 Å². The van der Waals surface area contributed by atoms with E-state index in [9.17, 15) is 17.6 Å². The highest BCUT2D eigenvalue weighted by Crippen LogP contribution is 2.32. The maximum Gasteiger partial charge on any atom is 0.419 e. The van der Waals surface area contributed by atoms with E-state index in [4.69, 9.17) is 0 Å². The molecule has 0 aliphatic carbocycles. The molecule has 34 heavy (non-hydrogen) atoms. The molecule has 4 aromatic rings. The summed E-state index contributed by atoms with van der Waals surface area (Å²) in [7, 11) is 0. The summed E-state index contributed by atoms with van der Waals surface area (Å²) in [5.74, 6) is 3.18. The zero-order chi connectivity index (χ0) is 24.3. The number of allylic oxidation sites excluding steroid dienone is 1. The van der Waals surface area contributed by atoms with Crippen molar-refractivity contribution in [3.8, 4) is 23.0 Å². The van der Waals surface area contributed by atoms with E-state index >= 15 is 4.39 Å². The number of aryl methyl sites for hydroxylation is 1. The molecule has 4 rings (SSSR count). The smallest absolute Gasteiger partial charge is 0.206 e. The standard InChI is InChI=1S/C29H19F5/c1-2-3-4-19-5-9-21(10-6-19)23-14-15-25-24(18-23)13-12-22(28(25)31)11-7-20-8-16-26(27(30)17-20)29(32,33)34/h2,5-6,8-10,12-18H,1,3-4H2. The van der Waals surface area contributed by atoms with Crippen LogP contribution in [0, 0.1) is 23.5 Å². The summed E-state index contributed by atoms with van der Waals surface area (Å²) < 4.78 is 66.9. The van der Waals surface area contributed by atoms with Crippen LogP contribution in [0.15, 0.2) is 85.5 Å². The molecule has 4 aromatic carbocycles. The molecule has 0 aliphatic heterocycles. The summed E-state index contributed by atoms with van der Waals surface area (Å²) in [5, 5.41) is 1.06. The lowest BCUT2D eigenvalue weighted by atomic mass is 9.98. The second kappa shape index (κ2) is 9.52. The molecule has 0 bridgehead atoms. The van der Waals surface area contributed by atoms with Gasteiger partial charge in [-0.05, 0) is 65.3 Å². The van der Waals surface area contributed by atoms with Gasteiger partial charge < -0.3 is 0 Å². The van der Waals surface area contributed by atoms with Crippen LogP contribution in [0.1, 0.15) is 28.7 Å². The Kier molecular flexibility index (Phi) is 6.51. The molecule has 0 saturated carbocycles. The summed E-state index contributed by atoms with van der Waals surface area (Å²) in [6.07, 6.45) is -1.07. The molecule has 0 aromatic heterocycles. The molecule has 5 heteroatoms. The minimum atomic E-state index is -4.78. The van der Waals surface area contributed by atoms with Gasteiger partial charge in [-0.15, -0.1) is 6.58 Å². The van der Waals surface area contributed by atoms with Gasteiger partial charge in [-0.25, -0.2) is 8.78 Å². The third-order valence-corrected chi connectivity index (χ3v) is 5.49. The molecule has 0 radical (unpaired) electrons. The van der Waals surface area contributed by atoms with E-state index in [1.54, 1.807) is 12.1 Å². The third-order valence-electron chi connectivity index (χ3n) is 5.49. The number of fused-ring (bicyclic) bond motifs is 1. The molecule has 0 N–H and O–H groups in total. The molecule has 0 unspecified atom stereocenters. The topological polar surface area (TPSA) is 0 Å². The molecule has 170 valence electrons. The van der Waals surface area contributed by atoms with E-state index in [1.807, 2.05) is 30.3 Å². The third kappa shape index (κ3) is 5.02. The van der Waals surface area contributed by atoms with Gasteiger partial charge in [0.2, 0.25) is 0 Å². The fourth-order valence-electron chi connectivity index (χ4n) is 3.66. The second-order valence-electron chi connectivity index (χ2n) is 7.83. The SMILES string of the molecule is C=CCCc1ccc(-c2ccc3c(F)c(C#Cc4ccc(C(F)(F)F)c(F)c4)ccc3c2)cc1. The molecule has 0 amide bonds. The van der Waals surface area contributed by atoms with E-state index in [2.05, 4.69) is 30.6 Å². The zero-order valence-electron chi connectivity index (χ0n) is 18.0. The highest BCUT2D eigenvalue weighted by atomic mass is 19.4. The lowest BCUT2D eigenvalue weighted by molar-refractivity contribution is -0.140. The van der Waals surface area contributed by atoms with Gasteiger partial charge in [0.15, 0.2) is 0 Å². The first-order valence-electron chi connectivity index (χ1n) is 10.6. The fraction of sp³-hybridized carbons (Fsp3) is 0.103. The van der Waals surface area contributed by atoms with Crippen LogP contribution in [-0.4, -0.2) is 0 Å². The summed E-state index contributed by atoms with van der Waals surface area (Å²) in [5.41, 5.74) is 1.91. The maximum absolute atomic E-state index is 15.0. The largest absolute Gasteiger partial charge is 0.419 e. The number of rotatable bonds is 4. The molecule has 0 aliphatic rings. The van der Waals surface area contributed by atoms with E-state index in [0.29, 0.717) is 22.9 Å².